The lowest BCUT2D eigenvalue weighted by atomic mass is 10.0. The van der Waals surface area contributed by atoms with Gasteiger partial charge in [-0.15, -0.1) is 0 Å². The molecule has 2 unspecified atom stereocenters. The van der Waals surface area contributed by atoms with Crippen LogP contribution in [0.25, 0.3) is 0 Å². The molecule has 124 valence electrons. The van der Waals surface area contributed by atoms with Crippen molar-refractivity contribution < 1.29 is 9.90 Å². The Morgan fingerprint density at radius 3 is 2.61 bits per heavy atom. The quantitative estimate of drug-likeness (QED) is 0.852. The fourth-order valence-electron chi connectivity index (χ4n) is 2.25. The molecule has 1 heterocycles. The highest BCUT2D eigenvalue weighted by Crippen LogP contribution is 2.21. The second-order valence-electron chi connectivity index (χ2n) is 5.82. The number of halogens is 1. The van der Waals surface area contributed by atoms with Crippen LogP contribution in [0.15, 0.2) is 30.3 Å². The number of aryl methyl sites for hydroxylation is 1. The Hall–Kier alpha value is -1.85. The zero-order chi connectivity index (χ0) is 17.0. The molecule has 1 aromatic heterocycles. The number of carbonyl (C=O) groups is 1. The third-order valence-corrected chi connectivity index (χ3v) is 4.35. The molecule has 2 aromatic rings. The molecule has 23 heavy (non-hydrogen) atoms. The number of hydrogen-bond donors (Lipinski definition) is 2. The molecule has 0 saturated heterocycles. The average molecular weight is 336 g/mol. The van der Waals surface area contributed by atoms with Crippen LogP contribution < -0.4 is 5.32 Å². The number of hydrogen-bond acceptors (Lipinski definition) is 3. The van der Waals surface area contributed by atoms with Crippen LogP contribution in [-0.2, 0) is 6.54 Å². The Kier molecular flexibility index (Phi) is 5.80. The molecule has 0 radical (unpaired) electrons. The highest BCUT2D eigenvalue weighted by atomic mass is 35.5. The summed E-state index contributed by atoms with van der Waals surface area (Å²) >= 11 is 6.36. The van der Waals surface area contributed by atoms with E-state index >= 15 is 0 Å². The van der Waals surface area contributed by atoms with Crippen molar-refractivity contribution in [2.75, 3.05) is 6.61 Å². The average Bonchev–Trinajstić information content (AvgIpc) is 2.81. The molecule has 0 spiro atoms. The first-order chi connectivity index (χ1) is 10.9. The predicted octanol–water partition coefficient (Wildman–Crippen LogP) is 2.64. The van der Waals surface area contributed by atoms with Gasteiger partial charge in [0.1, 0.15) is 5.15 Å². The van der Waals surface area contributed by atoms with Crippen molar-refractivity contribution in [3.63, 3.8) is 0 Å². The number of carbonyl (C=O) groups excluding carboxylic acids is 1. The highest BCUT2D eigenvalue weighted by Gasteiger charge is 2.23. The molecule has 0 aliphatic heterocycles. The Bertz CT molecular complexity index is 670. The molecular formula is C17H22ClN3O2. The van der Waals surface area contributed by atoms with E-state index in [0.717, 1.165) is 5.56 Å². The summed E-state index contributed by atoms with van der Waals surface area (Å²) in [5.74, 6) is -0.294. The summed E-state index contributed by atoms with van der Waals surface area (Å²) in [7, 11) is 0. The van der Waals surface area contributed by atoms with Crippen LogP contribution >= 0.6 is 11.6 Å². The summed E-state index contributed by atoms with van der Waals surface area (Å²) in [5, 5.41) is 16.7. The molecule has 0 saturated carbocycles. The first-order valence-electron chi connectivity index (χ1n) is 7.62. The number of rotatable bonds is 6. The normalized spacial score (nSPS) is 13.6. The maximum absolute atomic E-state index is 12.5. The van der Waals surface area contributed by atoms with Gasteiger partial charge in [0.05, 0.1) is 17.8 Å². The molecular weight excluding hydrogens is 314 g/mol. The molecule has 6 heteroatoms. The van der Waals surface area contributed by atoms with Gasteiger partial charge in [0, 0.05) is 12.6 Å². The number of nitrogens with zero attached hydrogens (tertiary/aromatic N) is 2. The van der Waals surface area contributed by atoms with Gasteiger partial charge in [-0.3, -0.25) is 4.79 Å². The van der Waals surface area contributed by atoms with Crippen molar-refractivity contribution >= 4 is 17.5 Å². The maximum atomic E-state index is 12.5. The van der Waals surface area contributed by atoms with Gasteiger partial charge < -0.3 is 10.4 Å². The van der Waals surface area contributed by atoms with Gasteiger partial charge in [0.2, 0.25) is 0 Å². The summed E-state index contributed by atoms with van der Waals surface area (Å²) < 4.78 is 1.63. The van der Waals surface area contributed by atoms with Gasteiger partial charge in [-0.25, -0.2) is 4.68 Å². The summed E-state index contributed by atoms with van der Waals surface area (Å²) in [4.78, 5) is 12.5. The number of nitrogens with one attached hydrogen (secondary N) is 1. The fourth-order valence-corrected chi connectivity index (χ4v) is 2.57. The van der Waals surface area contributed by atoms with Gasteiger partial charge in [-0.2, -0.15) is 5.10 Å². The smallest absolute Gasteiger partial charge is 0.256 e. The van der Waals surface area contributed by atoms with E-state index in [1.165, 1.54) is 0 Å². The lowest BCUT2D eigenvalue weighted by Gasteiger charge is -2.19. The largest absolute Gasteiger partial charge is 0.396 e. The van der Waals surface area contributed by atoms with Crippen molar-refractivity contribution in [3.8, 4) is 0 Å². The number of aliphatic hydroxyl groups is 1. The maximum Gasteiger partial charge on any atom is 0.256 e. The van der Waals surface area contributed by atoms with E-state index in [-0.39, 0.29) is 24.5 Å². The number of amides is 1. The number of aromatic nitrogens is 2. The van der Waals surface area contributed by atoms with Crippen molar-refractivity contribution in [1.82, 2.24) is 15.1 Å². The van der Waals surface area contributed by atoms with Crippen LogP contribution in [0.3, 0.4) is 0 Å². The van der Waals surface area contributed by atoms with E-state index in [4.69, 9.17) is 11.6 Å². The summed E-state index contributed by atoms with van der Waals surface area (Å²) in [6.45, 7) is 6.02. The van der Waals surface area contributed by atoms with Crippen molar-refractivity contribution in [2.45, 2.75) is 33.4 Å². The highest BCUT2D eigenvalue weighted by molar-refractivity contribution is 6.33. The van der Waals surface area contributed by atoms with Crippen molar-refractivity contribution in [3.05, 3.63) is 52.3 Å². The predicted molar refractivity (Wildman–Crippen MR) is 90.7 cm³/mol. The van der Waals surface area contributed by atoms with Crippen LogP contribution in [-0.4, -0.2) is 33.4 Å². The van der Waals surface area contributed by atoms with Crippen LogP contribution in [0, 0.1) is 12.8 Å². The second-order valence-corrected chi connectivity index (χ2v) is 6.17. The summed E-state index contributed by atoms with van der Waals surface area (Å²) in [6, 6.07) is 9.66. The van der Waals surface area contributed by atoms with E-state index in [1.807, 2.05) is 44.2 Å². The number of aliphatic hydroxyl groups excluding tert-OH is 1. The van der Waals surface area contributed by atoms with E-state index in [2.05, 4.69) is 10.4 Å². The second kappa shape index (κ2) is 7.62. The Morgan fingerprint density at radius 1 is 1.35 bits per heavy atom. The lowest BCUT2D eigenvalue weighted by molar-refractivity contribution is 0.0916. The molecule has 5 nitrogen and oxygen atoms in total. The van der Waals surface area contributed by atoms with Crippen LogP contribution in [0.1, 0.15) is 35.5 Å². The van der Waals surface area contributed by atoms with Gasteiger partial charge in [0.15, 0.2) is 0 Å². The standard InChI is InChI=1S/C17H22ClN3O2/c1-11(10-22)12(2)19-17(23)15-13(3)20-21(16(15)18)9-14-7-5-4-6-8-14/h4-8,11-12,22H,9-10H2,1-3H3,(H,19,23). The first kappa shape index (κ1) is 17.5. The molecule has 2 rings (SSSR count). The third-order valence-electron chi connectivity index (χ3n) is 3.97. The summed E-state index contributed by atoms with van der Waals surface area (Å²) in [6.07, 6.45) is 0. The zero-order valence-electron chi connectivity index (χ0n) is 13.6. The molecule has 0 aliphatic carbocycles. The lowest BCUT2D eigenvalue weighted by Crippen LogP contribution is -2.38. The molecule has 1 amide bonds. The Balaban J connectivity index is 2.19. The van der Waals surface area contributed by atoms with Crippen LogP contribution in [0.4, 0.5) is 0 Å². The van der Waals surface area contributed by atoms with Crippen molar-refractivity contribution in [1.29, 1.82) is 0 Å². The third kappa shape index (κ3) is 4.12. The molecule has 2 N–H and O–H groups in total. The Labute approximate surface area is 141 Å². The van der Waals surface area contributed by atoms with Gasteiger partial charge in [-0.05, 0) is 25.3 Å². The van der Waals surface area contributed by atoms with Crippen LogP contribution in [0.5, 0.6) is 0 Å². The zero-order valence-corrected chi connectivity index (χ0v) is 14.3. The minimum absolute atomic E-state index is 0.0153. The van der Waals surface area contributed by atoms with Gasteiger partial charge in [-0.1, -0.05) is 48.9 Å². The monoisotopic (exact) mass is 335 g/mol. The minimum Gasteiger partial charge on any atom is -0.396 e. The fraction of sp³-hybridized carbons (Fsp3) is 0.412. The first-order valence-corrected chi connectivity index (χ1v) is 8.00. The number of benzene rings is 1. The topological polar surface area (TPSA) is 67.2 Å². The van der Waals surface area contributed by atoms with E-state index in [9.17, 15) is 9.90 Å². The molecule has 0 aliphatic rings. The Morgan fingerprint density at radius 2 is 2.00 bits per heavy atom. The van der Waals surface area contributed by atoms with Crippen molar-refractivity contribution in [2.24, 2.45) is 5.92 Å². The van der Waals surface area contributed by atoms with E-state index in [1.54, 1.807) is 11.6 Å². The molecule has 0 bridgehead atoms. The molecule has 2 atom stereocenters. The summed E-state index contributed by atoms with van der Waals surface area (Å²) in [5.41, 5.74) is 2.04. The molecule has 0 fully saturated rings. The molecule has 1 aromatic carbocycles. The van der Waals surface area contributed by atoms with E-state index < -0.39 is 0 Å². The van der Waals surface area contributed by atoms with Gasteiger partial charge in [0.25, 0.3) is 5.91 Å². The SMILES string of the molecule is Cc1nn(Cc2ccccc2)c(Cl)c1C(=O)NC(C)C(C)CO. The van der Waals surface area contributed by atoms with E-state index in [0.29, 0.717) is 23.0 Å². The van der Waals surface area contributed by atoms with Crippen LogP contribution in [0.2, 0.25) is 5.15 Å². The minimum atomic E-state index is -0.264. The van der Waals surface area contributed by atoms with Gasteiger partial charge >= 0.3 is 0 Å².